The van der Waals surface area contributed by atoms with Crippen LogP contribution in [0.15, 0.2) is 11.5 Å². The molecule has 0 aromatic rings. The molecule has 0 saturated carbocycles. The highest BCUT2D eigenvalue weighted by Crippen LogP contribution is 2.28. The molecule has 11 heavy (non-hydrogen) atoms. The lowest BCUT2D eigenvalue weighted by Crippen LogP contribution is -2.11. The largest absolute Gasteiger partial charge is 0.500 e. The first-order valence-electron chi connectivity index (χ1n) is 3.39. The lowest BCUT2D eigenvalue weighted by molar-refractivity contribution is -0.122. The number of hydrogen-bond acceptors (Lipinski definition) is 2. The maximum Gasteiger partial charge on any atom is 0.237 e. The highest BCUT2D eigenvalue weighted by atomic mass is 79.9. The lowest BCUT2D eigenvalue weighted by Gasteiger charge is -2.10. The Morgan fingerprint density at radius 2 is 2.27 bits per heavy atom. The summed E-state index contributed by atoms with van der Waals surface area (Å²) in [6.45, 7) is 1.85. The first kappa shape index (κ1) is 8.59. The second-order valence-electron chi connectivity index (χ2n) is 2.38. The standard InChI is InChI=1S/C7H10BrNO2/c1-5(11-2)6-3-4-7(10)9(6)8/h3-4H2,1-2H3/b6-5+. The molecule has 0 atom stereocenters. The minimum Gasteiger partial charge on any atom is -0.500 e. The minimum absolute atomic E-state index is 0.0939. The van der Waals surface area contributed by atoms with E-state index in [1.807, 2.05) is 6.92 Å². The van der Waals surface area contributed by atoms with Gasteiger partial charge in [-0.25, -0.2) is 3.93 Å². The average Bonchev–Trinajstić information content (AvgIpc) is 2.32. The van der Waals surface area contributed by atoms with Crippen LogP contribution in [-0.4, -0.2) is 16.9 Å². The number of methoxy groups -OCH3 is 1. The number of carbonyl (C=O) groups excluding carboxylic acids is 1. The zero-order chi connectivity index (χ0) is 8.43. The van der Waals surface area contributed by atoms with Gasteiger partial charge in [0.05, 0.1) is 29.0 Å². The Hall–Kier alpha value is -0.510. The molecule has 0 unspecified atom stereocenters. The van der Waals surface area contributed by atoms with E-state index in [-0.39, 0.29) is 5.91 Å². The molecule has 0 aromatic carbocycles. The van der Waals surface area contributed by atoms with Crippen molar-refractivity contribution < 1.29 is 9.53 Å². The Bertz CT molecular complexity index is 212. The second kappa shape index (κ2) is 3.26. The highest BCUT2D eigenvalue weighted by Gasteiger charge is 2.25. The van der Waals surface area contributed by atoms with Gasteiger partial charge >= 0.3 is 0 Å². The van der Waals surface area contributed by atoms with Crippen molar-refractivity contribution in [3.63, 3.8) is 0 Å². The van der Waals surface area contributed by atoms with E-state index in [9.17, 15) is 4.79 Å². The van der Waals surface area contributed by atoms with Crippen molar-refractivity contribution in [1.29, 1.82) is 0 Å². The Morgan fingerprint density at radius 1 is 1.64 bits per heavy atom. The minimum atomic E-state index is 0.0939. The van der Waals surface area contributed by atoms with Gasteiger partial charge in [0.15, 0.2) is 0 Å². The molecular formula is C7H10BrNO2. The number of allylic oxidation sites excluding steroid dienone is 2. The van der Waals surface area contributed by atoms with E-state index in [1.54, 1.807) is 7.11 Å². The maximum atomic E-state index is 11.0. The van der Waals surface area contributed by atoms with E-state index in [0.29, 0.717) is 6.42 Å². The van der Waals surface area contributed by atoms with Gasteiger partial charge in [0.1, 0.15) is 5.76 Å². The monoisotopic (exact) mass is 219 g/mol. The van der Waals surface area contributed by atoms with Crippen molar-refractivity contribution in [3.05, 3.63) is 11.5 Å². The van der Waals surface area contributed by atoms with Gasteiger partial charge in [-0.3, -0.25) is 4.79 Å². The zero-order valence-corrected chi connectivity index (χ0v) is 8.14. The molecule has 1 heterocycles. The van der Waals surface area contributed by atoms with Crippen LogP contribution in [0.25, 0.3) is 0 Å². The van der Waals surface area contributed by atoms with E-state index in [4.69, 9.17) is 4.74 Å². The van der Waals surface area contributed by atoms with Crippen LogP contribution in [-0.2, 0) is 9.53 Å². The van der Waals surface area contributed by atoms with Gasteiger partial charge < -0.3 is 4.74 Å². The number of nitrogens with zero attached hydrogens (tertiary/aromatic N) is 1. The van der Waals surface area contributed by atoms with E-state index in [1.165, 1.54) is 3.93 Å². The Kier molecular flexibility index (Phi) is 2.54. The van der Waals surface area contributed by atoms with Gasteiger partial charge in [-0.05, 0) is 6.92 Å². The van der Waals surface area contributed by atoms with Crippen LogP contribution in [0, 0.1) is 0 Å². The van der Waals surface area contributed by atoms with Crippen molar-refractivity contribution in [1.82, 2.24) is 3.93 Å². The molecule has 0 bridgehead atoms. The molecule has 0 spiro atoms. The van der Waals surface area contributed by atoms with Crippen LogP contribution >= 0.6 is 16.1 Å². The van der Waals surface area contributed by atoms with Gasteiger partial charge in [-0.15, -0.1) is 0 Å². The molecule has 62 valence electrons. The zero-order valence-electron chi connectivity index (χ0n) is 6.56. The molecule has 1 fully saturated rings. The third-order valence-corrected chi connectivity index (χ3v) is 2.57. The predicted molar refractivity (Wildman–Crippen MR) is 44.7 cm³/mol. The van der Waals surface area contributed by atoms with E-state index in [0.717, 1.165) is 17.9 Å². The van der Waals surface area contributed by atoms with Crippen LogP contribution in [0.3, 0.4) is 0 Å². The molecule has 0 N–H and O–H groups in total. The predicted octanol–water partition coefficient (Wildman–Crippen LogP) is 1.80. The van der Waals surface area contributed by atoms with Crippen LogP contribution < -0.4 is 0 Å². The first-order valence-corrected chi connectivity index (χ1v) is 4.10. The molecular weight excluding hydrogens is 210 g/mol. The summed E-state index contributed by atoms with van der Waals surface area (Å²) in [6, 6.07) is 0. The SMILES string of the molecule is CO/C(C)=C1\CCC(=O)N1Br. The fraction of sp³-hybridized carbons (Fsp3) is 0.571. The lowest BCUT2D eigenvalue weighted by atomic mass is 10.3. The van der Waals surface area contributed by atoms with E-state index >= 15 is 0 Å². The van der Waals surface area contributed by atoms with Gasteiger partial charge in [0, 0.05) is 12.8 Å². The van der Waals surface area contributed by atoms with Gasteiger partial charge in [0.2, 0.25) is 5.91 Å². The smallest absolute Gasteiger partial charge is 0.237 e. The summed E-state index contributed by atoms with van der Waals surface area (Å²) in [4.78, 5) is 11.0. The third-order valence-electron chi connectivity index (χ3n) is 1.74. The molecule has 1 amide bonds. The molecule has 1 rings (SSSR count). The van der Waals surface area contributed by atoms with Crippen LogP contribution in [0.5, 0.6) is 0 Å². The van der Waals surface area contributed by atoms with E-state index < -0.39 is 0 Å². The molecule has 0 aromatic heterocycles. The fourth-order valence-corrected chi connectivity index (χ4v) is 1.61. The summed E-state index contributed by atoms with van der Waals surface area (Å²) >= 11 is 3.16. The summed E-state index contributed by atoms with van der Waals surface area (Å²) in [7, 11) is 1.60. The summed E-state index contributed by atoms with van der Waals surface area (Å²) < 4.78 is 6.49. The Morgan fingerprint density at radius 3 is 2.64 bits per heavy atom. The maximum absolute atomic E-state index is 11.0. The van der Waals surface area contributed by atoms with Crippen molar-refractivity contribution in [2.24, 2.45) is 0 Å². The summed E-state index contributed by atoms with van der Waals surface area (Å²) in [5.41, 5.74) is 0.928. The van der Waals surface area contributed by atoms with Crippen molar-refractivity contribution in [2.75, 3.05) is 7.11 Å². The number of rotatable bonds is 1. The quantitative estimate of drug-likeness (QED) is 0.498. The number of carbonyl (C=O) groups is 1. The Labute approximate surface area is 74.3 Å². The van der Waals surface area contributed by atoms with Gasteiger partial charge in [-0.1, -0.05) is 0 Å². The highest BCUT2D eigenvalue weighted by molar-refractivity contribution is 9.07. The van der Waals surface area contributed by atoms with Crippen LogP contribution in [0.2, 0.25) is 0 Å². The topological polar surface area (TPSA) is 29.5 Å². The van der Waals surface area contributed by atoms with Crippen molar-refractivity contribution in [3.8, 4) is 0 Å². The average molecular weight is 220 g/mol. The molecule has 1 saturated heterocycles. The molecule has 1 aliphatic heterocycles. The molecule has 3 nitrogen and oxygen atoms in total. The Balaban J connectivity index is 2.83. The number of hydrogen-bond donors (Lipinski definition) is 0. The molecule has 0 aliphatic carbocycles. The number of amides is 1. The molecule has 0 radical (unpaired) electrons. The van der Waals surface area contributed by atoms with Crippen LogP contribution in [0.4, 0.5) is 0 Å². The van der Waals surface area contributed by atoms with Crippen molar-refractivity contribution >= 4 is 22.1 Å². The fourth-order valence-electron chi connectivity index (χ4n) is 1.00. The van der Waals surface area contributed by atoms with Crippen molar-refractivity contribution in [2.45, 2.75) is 19.8 Å². The second-order valence-corrected chi connectivity index (χ2v) is 3.09. The van der Waals surface area contributed by atoms with Gasteiger partial charge in [-0.2, -0.15) is 0 Å². The molecule has 4 heteroatoms. The summed E-state index contributed by atoms with van der Waals surface area (Å²) in [6.07, 6.45) is 1.34. The molecule has 1 aliphatic rings. The summed E-state index contributed by atoms with van der Waals surface area (Å²) in [5.74, 6) is 0.893. The normalized spacial score (nSPS) is 22.5. The van der Waals surface area contributed by atoms with Gasteiger partial charge in [0.25, 0.3) is 0 Å². The number of ether oxygens (including phenoxy) is 1. The third kappa shape index (κ3) is 1.56. The van der Waals surface area contributed by atoms with Crippen LogP contribution in [0.1, 0.15) is 19.8 Å². The summed E-state index contributed by atoms with van der Waals surface area (Å²) in [5, 5.41) is 0. The van der Waals surface area contributed by atoms with E-state index in [2.05, 4.69) is 16.1 Å². The first-order chi connectivity index (χ1) is 5.16. The number of halogens is 1.